The van der Waals surface area contributed by atoms with Crippen LogP contribution in [0.5, 0.6) is 5.75 Å². The second-order valence-corrected chi connectivity index (χ2v) is 9.84. The summed E-state index contributed by atoms with van der Waals surface area (Å²) < 4.78 is 20.7. The number of benzene rings is 2. The number of esters is 2. The summed E-state index contributed by atoms with van der Waals surface area (Å²) in [4.78, 5) is 73.3. The van der Waals surface area contributed by atoms with Crippen molar-refractivity contribution < 1.29 is 47.8 Å². The van der Waals surface area contributed by atoms with Crippen molar-refractivity contribution in [1.29, 1.82) is 0 Å². The Bertz CT molecular complexity index is 1460. The molecule has 1 fully saturated rings. The molecule has 2 amide bonds. The van der Waals surface area contributed by atoms with Crippen molar-refractivity contribution in [3.05, 3.63) is 92.7 Å². The minimum Gasteiger partial charge on any atom is -0.484 e. The number of para-hydroxylation sites is 1. The first-order valence-electron chi connectivity index (χ1n) is 12.2. The summed E-state index contributed by atoms with van der Waals surface area (Å²) >= 11 is 0.995. The molecule has 2 heterocycles. The summed E-state index contributed by atoms with van der Waals surface area (Å²) in [6, 6.07) is 12.8. The molecule has 218 valence electrons. The maximum Gasteiger partial charge on any atom is 0.355 e. The molecule has 1 unspecified atom stereocenters. The van der Waals surface area contributed by atoms with Crippen molar-refractivity contribution in [1.82, 2.24) is 10.2 Å². The van der Waals surface area contributed by atoms with Crippen molar-refractivity contribution >= 4 is 47.7 Å². The van der Waals surface area contributed by atoms with Gasteiger partial charge in [-0.15, -0.1) is 0 Å². The summed E-state index contributed by atoms with van der Waals surface area (Å²) in [6.07, 6.45) is 1.03. The number of hydrogen-bond acceptors (Lipinski definition) is 12. The molecule has 15 heteroatoms. The molecule has 14 nitrogen and oxygen atoms in total. The largest absolute Gasteiger partial charge is 0.484 e. The number of rotatable bonds is 12. The molecule has 0 saturated carbocycles. The van der Waals surface area contributed by atoms with E-state index in [9.17, 15) is 34.1 Å². The lowest BCUT2D eigenvalue weighted by atomic mass is 10.0. The Balaban J connectivity index is 1.56. The Morgan fingerprint density at radius 2 is 1.79 bits per heavy atom. The zero-order valence-electron chi connectivity index (χ0n) is 21.9. The van der Waals surface area contributed by atoms with Crippen LogP contribution >= 0.6 is 11.8 Å². The number of nitro benzene ring substituents is 1. The first kappa shape index (κ1) is 29.8. The molecule has 42 heavy (non-hydrogen) atoms. The maximum absolute atomic E-state index is 13.4. The van der Waals surface area contributed by atoms with E-state index in [0.717, 1.165) is 29.8 Å². The van der Waals surface area contributed by atoms with Gasteiger partial charge in [-0.2, -0.15) is 0 Å². The number of amides is 2. The van der Waals surface area contributed by atoms with Gasteiger partial charge < -0.3 is 24.3 Å². The summed E-state index contributed by atoms with van der Waals surface area (Å²) in [7, 11) is 0. The van der Waals surface area contributed by atoms with E-state index in [-0.39, 0.29) is 41.5 Å². The van der Waals surface area contributed by atoms with E-state index in [1.54, 1.807) is 30.3 Å². The van der Waals surface area contributed by atoms with Crippen LogP contribution in [0, 0.1) is 10.1 Å². The van der Waals surface area contributed by atoms with Crippen molar-refractivity contribution in [3.8, 4) is 5.75 Å². The van der Waals surface area contributed by atoms with Gasteiger partial charge in [-0.3, -0.25) is 34.2 Å². The topological polar surface area (TPSA) is 181 Å². The van der Waals surface area contributed by atoms with Crippen LogP contribution in [-0.4, -0.2) is 64.7 Å². The Morgan fingerprint density at radius 3 is 2.43 bits per heavy atom. The van der Waals surface area contributed by atoms with Gasteiger partial charge in [0.2, 0.25) is 0 Å². The van der Waals surface area contributed by atoms with Crippen LogP contribution in [0.3, 0.4) is 0 Å². The normalized spacial score (nSPS) is 18.4. The molecule has 0 spiro atoms. The quantitative estimate of drug-likeness (QED) is 0.0715. The van der Waals surface area contributed by atoms with E-state index in [1.807, 2.05) is 0 Å². The first-order valence-corrected chi connectivity index (χ1v) is 13.1. The molecule has 2 aromatic rings. The fourth-order valence-corrected chi connectivity index (χ4v) is 5.26. The second-order valence-electron chi connectivity index (χ2n) is 8.69. The van der Waals surface area contributed by atoms with Crippen LogP contribution in [0.25, 0.3) is 0 Å². The third-order valence-corrected chi connectivity index (χ3v) is 7.23. The number of fused-ring (bicyclic) bond motifs is 1. The average molecular weight is 598 g/mol. The van der Waals surface area contributed by atoms with Crippen molar-refractivity contribution in [3.63, 3.8) is 0 Å². The van der Waals surface area contributed by atoms with E-state index in [1.165, 1.54) is 24.3 Å². The summed E-state index contributed by atoms with van der Waals surface area (Å²) in [5.74, 6) is -2.44. The van der Waals surface area contributed by atoms with Crippen LogP contribution < -0.4 is 10.1 Å². The fourth-order valence-electron chi connectivity index (χ4n) is 3.95. The summed E-state index contributed by atoms with van der Waals surface area (Å²) in [5.41, 5.74) is 0.0320. The van der Waals surface area contributed by atoms with Gasteiger partial charge in [-0.1, -0.05) is 30.0 Å². The minimum atomic E-state index is -1.07. The summed E-state index contributed by atoms with van der Waals surface area (Å²) in [6.45, 7) is 0.148. The second kappa shape index (κ2) is 13.5. The standard InChI is InChI=1S/C27H23N3O11S/c1-16(32)39-12-20-21(13-38-15-31)42-26-23(28-22(33)14-40-19-5-3-2-4-6-19)25(34)29(26)24(20)27(35)41-11-17-7-9-18(10-8-17)30(36)37/h2-10,13,15,23,26H,11-12,14H2,1H3,(H,28,33)/b21-13+/t23?,26-/m1/s1. The predicted octanol–water partition coefficient (Wildman–Crippen LogP) is 1.95. The molecule has 0 bridgehead atoms. The van der Waals surface area contributed by atoms with Gasteiger partial charge in [0.05, 0.1) is 9.83 Å². The number of thioether (sulfide) groups is 1. The van der Waals surface area contributed by atoms with Crippen molar-refractivity contribution in [2.45, 2.75) is 24.9 Å². The number of ether oxygens (including phenoxy) is 4. The Morgan fingerprint density at radius 1 is 1.07 bits per heavy atom. The predicted molar refractivity (Wildman–Crippen MR) is 144 cm³/mol. The van der Waals surface area contributed by atoms with Gasteiger partial charge in [-0.05, 0) is 29.8 Å². The zero-order valence-corrected chi connectivity index (χ0v) is 22.7. The third kappa shape index (κ3) is 6.93. The average Bonchev–Trinajstić information content (AvgIpc) is 2.99. The molecular formula is C27H23N3O11S. The molecule has 0 aromatic heterocycles. The number of carbonyl (C=O) groups is 5. The van der Waals surface area contributed by atoms with Crippen molar-refractivity contribution in [2.24, 2.45) is 0 Å². The highest BCUT2D eigenvalue weighted by atomic mass is 32.2. The number of nitrogens with zero attached hydrogens (tertiary/aromatic N) is 2. The molecule has 2 aromatic carbocycles. The van der Waals surface area contributed by atoms with Gasteiger partial charge in [0.25, 0.3) is 24.0 Å². The van der Waals surface area contributed by atoms with E-state index in [0.29, 0.717) is 11.3 Å². The molecule has 1 N–H and O–H groups in total. The number of β-lactam (4-membered cyclic amide) rings is 1. The van der Waals surface area contributed by atoms with E-state index < -0.39 is 46.7 Å². The van der Waals surface area contributed by atoms with E-state index in [2.05, 4.69) is 5.32 Å². The smallest absolute Gasteiger partial charge is 0.355 e. The lowest BCUT2D eigenvalue weighted by Gasteiger charge is -2.49. The van der Waals surface area contributed by atoms with Gasteiger partial charge in [0.15, 0.2) is 6.61 Å². The lowest BCUT2D eigenvalue weighted by Crippen LogP contribution is -2.70. The highest BCUT2D eigenvalue weighted by Crippen LogP contribution is 2.47. The third-order valence-electron chi connectivity index (χ3n) is 5.91. The number of nitrogens with one attached hydrogen (secondary N) is 1. The van der Waals surface area contributed by atoms with Crippen LogP contribution in [0.1, 0.15) is 12.5 Å². The SMILES string of the molecule is CC(=O)OCC1=C(C(=O)OCc2ccc([N+](=O)[O-])cc2)N2C(=O)C(NC(=O)COc3ccccc3)[C@H]2S/C1=C/OC=O. The van der Waals surface area contributed by atoms with Crippen LogP contribution in [0.2, 0.25) is 0 Å². The van der Waals surface area contributed by atoms with E-state index in [4.69, 9.17) is 18.9 Å². The number of carbonyl (C=O) groups excluding carboxylic acids is 5. The molecule has 4 rings (SSSR count). The molecule has 1 saturated heterocycles. The highest BCUT2D eigenvalue weighted by Gasteiger charge is 2.56. The number of hydrogen-bond donors (Lipinski definition) is 1. The molecule has 2 aliphatic rings. The van der Waals surface area contributed by atoms with Crippen LogP contribution in [0.15, 0.2) is 77.0 Å². The fraction of sp³-hybridized carbons (Fsp3) is 0.222. The Labute approximate surface area is 242 Å². The zero-order chi connectivity index (χ0) is 30.2. The summed E-state index contributed by atoms with van der Waals surface area (Å²) in [5, 5.41) is 12.6. The number of non-ortho nitro benzene ring substituents is 1. The first-order chi connectivity index (χ1) is 20.2. The lowest BCUT2D eigenvalue weighted by molar-refractivity contribution is -0.384. The molecule has 0 radical (unpaired) electrons. The highest BCUT2D eigenvalue weighted by molar-refractivity contribution is 8.04. The Kier molecular flexibility index (Phi) is 9.54. The monoisotopic (exact) mass is 597 g/mol. The van der Waals surface area contributed by atoms with Crippen LogP contribution in [-0.2, 0) is 44.8 Å². The van der Waals surface area contributed by atoms with Gasteiger partial charge in [-0.25, -0.2) is 4.79 Å². The molecule has 2 aliphatic heterocycles. The molecular weight excluding hydrogens is 574 g/mol. The van der Waals surface area contributed by atoms with Crippen LogP contribution in [0.4, 0.5) is 5.69 Å². The Hall–Kier alpha value is -5.18. The molecule has 0 aliphatic carbocycles. The van der Waals surface area contributed by atoms with Gasteiger partial charge in [0, 0.05) is 24.6 Å². The molecule has 2 atom stereocenters. The van der Waals surface area contributed by atoms with Crippen molar-refractivity contribution in [2.75, 3.05) is 13.2 Å². The van der Waals surface area contributed by atoms with Gasteiger partial charge in [0.1, 0.15) is 42.3 Å². The number of nitro groups is 1. The van der Waals surface area contributed by atoms with Gasteiger partial charge >= 0.3 is 11.9 Å². The van der Waals surface area contributed by atoms with E-state index >= 15 is 0 Å². The maximum atomic E-state index is 13.4. The minimum absolute atomic E-state index is 0.0348.